The van der Waals surface area contributed by atoms with Gasteiger partial charge in [0.2, 0.25) is 0 Å². The number of allylic oxidation sites excluding steroid dienone is 1. The second-order valence-electron chi connectivity index (χ2n) is 4.06. The summed E-state index contributed by atoms with van der Waals surface area (Å²) in [7, 11) is 0. The lowest BCUT2D eigenvalue weighted by atomic mass is 10.2. The third-order valence-corrected chi connectivity index (χ3v) is 2.31. The molecule has 1 N–H and O–H groups in total. The molecule has 2 rings (SSSR count). The van der Waals surface area contributed by atoms with Gasteiger partial charge in [0, 0.05) is 11.3 Å². The summed E-state index contributed by atoms with van der Waals surface area (Å²) < 4.78 is 10.9. The highest BCUT2D eigenvalue weighted by molar-refractivity contribution is 5.48. The molecule has 86 valence electrons. The first-order valence-electron chi connectivity index (χ1n) is 5.49. The molecule has 0 radical (unpaired) electrons. The minimum atomic E-state index is -0.201. The van der Waals surface area contributed by atoms with Gasteiger partial charge in [0.05, 0.1) is 13.2 Å². The molecule has 1 aromatic carbocycles. The largest absolute Gasteiger partial charge is 0.362 e. The van der Waals surface area contributed by atoms with Gasteiger partial charge in [0.15, 0.2) is 6.29 Å². The van der Waals surface area contributed by atoms with Crippen LogP contribution in [0.3, 0.4) is 0 Å². The van der Waals surface area contributed by atoms with Crippen LogP contribution in [0.4, 0.5) is 5.69 Å². The number of hydrogen-bond donors (Lipinski definition) is 1. The fourth-order valence-electron chi connectivity index (χ4n) is 1.55. The smallest absolute Gasteiger partial charge is 0.184 e. The molecule has 3 nitrogen and oxygen atoms in total. The molecule has 0 amide bonds. The van der Waals surface area contributed by atoms with Crippen molar-refractivity contribution in [3.8, 4) is 0 Å². The molecule has 1 aromatic rings. The summed E-state index contributed by atoms with van der Waals surface area (Å²) in [4.78, 5) is 0. The Balaban J connectivity index is 2.09. The summed E-state index contributed by atoms with van der Waals surface area (Å²) in [5.41, 5.74) is 3.35. The molecule has 0 atom stereocenters. The number of rotatable bonds is 3. The summed E-state index contributed by atoms with van der Waals surface area (Å²) in [5, 5.41) is 3.23. The Bertz CT molecular complexity index is 377. The van der Waals surface area contributed by atoms with Crippen molar-refractivity contribution in [3.63, 3.8) is 0 Å². The van der Waals surface area contributed by atoms with Gasteiger partial charge in [-0.05, 0) is 32.2 Å². The van der Waals surface area contributed by atoms with Crippen LogP contribution in [0.1, 0.15) is 25.7 Å². The lowest BCUT2D eigenvalue weighted by Crippen LogP contribution is -1.98. The molecule has 0 saturated carbocycles. The van der Waals surface area contributed by atoms with Crippen LogP contribution in [0.2, 0.25) is 0 Å². The third kappa shape index (κ3) is 2.84. The van der Waals surface area contributed by atoms with Gasteiger partial charge >= 0.3 is 0 Å². The highest BCUT2D eigenvalue weighted by Crippen LogP contribution is 2.25. The zero-order valence-corrected chi connectivity index (χ0v) is 9.69. The van der Waals surface area contributed by atoms with Gasteiger partial charge in [-0.1, -0.05) is 17.7 Å². The maximum atomic E-state index is 5.45. The number of hydrogen-bond acceptors (Lipinski definition) is 3. The Labute approximate surface area is 96.1 Å². The van der Waals surface area contributed by atoms with Crippen molar-refractivity contribution in [2.75, 3.05) is 18.5 Å². The highest BCUT2D eigenvalue weighted by Gasteiger charge is 2.17. The quantitative estimate of drug-likeness (QED) is 0.847. The Hall–Kier alpha value is -1.32. The van der Waals surface area contributed by atoms with Crippen LogP contribution >= 0.6 is 0 Å². The minimum absolute atomic E-state index is 0.201. The Morgan fingerprint density at radius 3 is 2.75 bits per heavy atom. The van der Waals surface area contributed by atoms with Gasteiger partial charge < -0.3 is 14.8 Å². The molecule has 0 unspecified atom stereocenters. The van der Waals surface area contributed by atoms with Crippen LogP contribution in [0, 0.1) is 0 Å². The van der Waals surface area contributed by atoms with Crippen LogP contribution in [0.15, 0.2) is 36.0 Å². The monoisotopic (exact) mass is 219 g/mol. The Morgan fingerprint density at radius 2 is 2.06 bits per heavy atom. The van der Waals surface area contributed by atoms with Crippen LogP contribution in [0.25, 0.3) is 0 Å². The van der Waals surface area contributed by atoms with Gasteiger partial charge in [-0.15, -0.1) is 0 Å². The molecule has 0 aliphatic carbocycles. The predicted octanol–water partition coefficient (Wildman–Crippen LogP) is 3.07. The van der Waals surface area contributed by atoms with E-state index in [1.54, 1.807) is 0 Å². The molecule has 1 heterocycles. The fourth-order valence-corrected chi connectivity index (χ4v) is 1.55. The molecule has 1 aliphatic rings. The minimum Gasteiger partial charge on any atom is -0.362 e. The van der Waals surface area contributed by atoms with E-state index in [2.05, 4.69) is 25.2 Å². The van der Waals surface area contributed by atoms with E-state index in [0.717, 1.165) is 11.3 Å². The summed E-state index contributed by atoms with van der Waals surface area (Å²) in [6, 6.07) is 8.10. The molecular formula is C13H17NO2. The highest BCUT2D eigenvalue weighted by atomic mass is 16.7. The van der Waals surface area contributed by atoms with Crippen molar-refractivity contribution in [3.05, 3.63) is 41.6 Å². The maximum absolute atomic E-state index is 5.45. The Kier molecular flexibility index (Phi) is 3.59. The van der Waals surface area contributed by atoms with Crippen molar-refractivity contribution in [1.29, 1.82) is 0 Å². The average molecular weight is 219 g/mol. The van der Waals surface area contributed by atoms with E-state index in [1.165, 1.54) is 5.57 Å². The van der Waals surface area contributed by atoms with Gasteiger partial charge in [-0.25, -0.2) is 0 Å². The molecule has 0 aromatic heterocycles. The average Bonchev–Trinajstić information content (AvgIpc) is 2.80. The van der Waals surface area contributed by atoms with Crippen molar-refractivity contribution in [2.24, 2.45) is 0 Å². The molecule has 0 bridgehead atoms. The van der Waals surface area contributed by atoms with Crippen molar-refractivity contribution in [2.45, 2.75) is 20.1 Å². The molecule has 1 aliphatic heterocycles. The van der Waals surface area contributed by atoms with E-state index in [0.29, 0.717) is 13.2 Å². The van der Waals surface area contributed by atoms with Crippen LogP contribution in [-0.4, -0.2) is 13.2 Å². The van der Waals surface area contributed by atoms with Gasteiger partial charge in [-0.3, -0.25) is 0 Å². The maximum Gasteiger partial charge on any atom is 0.184 e. The van der Waals surface area contributed by atoms with Gasteiger partial charge in [0.25, 0.3) is 0 Å². The number of benzene rings is 1. The van der Waals surface area contributed by atoms with E-state index < -0.39 is 0 Å². The molecule has 1 saturated heterocycles. The lowest BCUT2D eigenvalue weighted by Gasteiger charge is -2.10. The third-order valence-electron chi connectivity index (χ3n) is 2.31. The topological polar surface area (TPSA) is 30.5 Å². The summed E-state index contributed by atoms with van der Waals surface area (Å²) in [6.45, 7) is 5.46. The van der Waals surface area contributed by atoms with Gasteiger partial charge in [-0.2, -0.15) is 0 Å². The van der Waals surface area contributed by atoms with E-state index in [-0.39, 0.29) is 6.29 Å². The molecule has 1 fully saturated rings. The summed E-state index contributed by atoms with van der Waals surface area (Å²) >= 11 is 0. The first kappa shape index (κ1) is 11.2. The second-order valence-corrected chi connectivity index (χ2v) is 4.06. The normalized spacial score (nSPS) is 16.1. The lowest BCUT2D eigenvalue weighted by molar-refractivity contribution is -0.0440. The van der Waals surface area contributed by atoms with Crippen molar-refractivity contribution in [1.82, 2.24) is 0 Å². The van der Waals surface area contributed by atoms with E-state index in [4.69, 9.17) is 9.47 Å². The molecular weight excluding hydrogens is 202 g/mol. The van der Waals surface area contributed by atoms with Crippen molar-refractivity contribution < 1.29 is 9.47 Å². The zero-order valence-electron chi connectivity index (χ0n) is 9.69. The Morgan fingerprint density at radius 1 is 1.31 bits per heavy atom. The van der Waals surface area contributed by atoms with Crippen molar-refractivity contribution >= 4 is 5.69 Å². The zero-order chi connectivity index (χ0) is 11.4. The number of nitrogens with one attached hydrogen (secondary N) is 1. The number of anilines is 1. The van der Waals surface area contributed by atoms with E-state index in [1.807, 2.05) is 24.4 Å². The summed E-state index contributed by atoms with van der Waals surface area (Å²) in [6.07, 6.45) is 1.78. The molecule has 16 heavy (non-hydrogen) atoms. The molecule has 3 heteroatoms. The van der Waals surface area contributed by atoms with Crippen LogP contribution in [0.5, 0.6) is 0 Å². The first-order valence-corrected chi connectivity index (χ1v) is 5.49. The SMILES string of the molecule is CC(C)=CNc1cccc(C2OCCO2)c1. The summed E-state index contributed by atoms with van der Waals surface area (Å²) in [5.74, 6) is 0. The second kappa shape index (κ2) is 5.14. The van der Waals surface area contributed by atoms with Crippen LogP contribution < -0.4 is 5.32 Å². The van der Waals surface area contributed by atoms with Crippen LogP contribution in [-0.2, 0) is 9.47 Å². The van der Waals surface area contributed by atoms with E-state index >= 15 is 0 Å². The van der Waals surface area contributed by atoms with E-state index in [9.17, 15) is 0 Å². The first-order chi connectivity index (χ1) is 7.75. The number of ether oxygens (including phenoxy) is 2. The standard InChI is InChI=1S/C13H17NO2/c1-10(2)9-14-12-5-3-4-11(8-12)13-15-6-7-16-13/h3-5,8-9,13-14H,6-7H2,1-2H3. The van der Waals surface area contributed by atoms with Gasteiger partial charge in [0.1, 0.15) is 0 Å². The molecule has 0 spiro atoms. The fraction of sp³-hybridized carbons (Fsp3) is 0.385. The predicted molar refractivity (Wildman–Crippen MR) is 64.1 cm³/mol.